The van der Waals surface area contributed by atoms with Crippen molar-refractivity contribution in [3.05, 3.63) is 65.0 Å². The number of pyridine rings is 2. The highest BCUT2D eigenvalue weighted by Gasteiger charge is 2.35. The lowest BCUT2D eigenvalue weighted by molar-refractivity contribution is -0.142. The molecule has 1 amide bonds. The van der Waals surface area contributed by atoms with Gasteiger partial charge in [-0.05, 0) is 55.0 Å². The molecule has 33 heavy (non-hydrogen) atoms. The zero-order chi connectivity index (χ0) is 24.4. The average molecular weight is 471 g/mol. The number of primary amides is 1. The monoisotopic (exact) mass is 471 g/mol. The molecular formula is C21H19F6N5O. The zero-order valence-corrected chi connectivity index (χ0v) is 17.3. The molecule has 0 spiro atoms. The number of rotatable bonds is 2. The number of alkyl halides is 6. The molecule has 0 saturated heterocycles. The van der Waals surface area contributed by atoms with Gasteiger partial charge in [0.2, 0.25) is 0 Å². The van der Waals surface area contributed by atoms with Crippen LogP contribution in [0.5, 0.6) is 0 Å². The summed E-state index contributed by atoms with van der Waals surface area (Å²) < 4.78 is 74.9. The fourth-order valence-corrected chi connectivity index (χ4v) is 3.35. The predicted molar refractivity (Wildman–Crippen MR) is 106 cm³/mol. The number of carbonyl (C=O) groups is 1. The van der Waals surface area contributed by atoms with Crippen LogP contribution in [0.4, 0.5) is 26.3 Å². The van der Waals surface area contributed by atoms with Gasteiger partial charge in [-0.25, -0.2) is 0 Å². The van der Waals surface area contributed by atoms with Crippen molar-refractivity contribution in [1.29, 1.82) is 0 Å². The van der Waals surface area contributed by atoms with E-state index in [2.05, 4.69) is 15.1 Å². The van der Waals surface area contributed by atoms with Gasteiger partial charge in [0.1, 0.15) is 11.4 Å². The molecule has 0 fully saturated rings. The number of aryl methyl sites for hydroxylation is 3. The summed E-state index contributed by atoms with van der Waals surface area (Å²) in [5.74, 6) is -0.939. The Bertz CT molecular complexity index is 1150. The minimum Gasteiger partial charge on any atom is -0.364 e. The number of carbonyl (C=O) groups excluding carboxylic acids is 1. The third-order valence-corrected chi connectivity index (χ3v) is 4.98. The SMILES string of the molecule is Cn1nc(C(F)(F)F)cc1C(N)=O.FC(F)(F)c1cc(-c2cnc3c(c2)CCCC3)ccn1. The van der Waals surface area contributed by atoms with Gasteiger partial charge in [0.25, 0.3) is 5.91 Å². The van der Waals surface area contributed by atoms with Crippen molar-refractivity contribution in [1.82, 2.24) is 19.7 Å². The van der Waals surface area contributed by atoms with Crippen LogP contribution in [0.2, 0.25) is 0 Å². The van der Waals surface area contributed by atoms with Crippen LogP contribution in [0.25, 0.3) is 11.1 Å². The lowest BCUT2D eigenvalue weighted by atomic mass is 9.94. The molecule has 1 aliphatic carbocycles. The van der Waals surface area contributed by atoms with Gasteiger partial charge in [-0.2, -0.15) is 31.4 Å². The summed E-state index contributed by atoms with van der Waals surface area (Å²) in [5.41, 5.74) is 6.00. The third kappa shape index (κ3) is 5.88. The van der Waals surface area contributed by atoms with Crippen LogP contribution in [0.1, 0.15) is 46.0 Å². The van der Waals surface area contributed by atoms with E-state index in [1.807, 2.05) is 6.07 Å². The van der Waals surface area contributed by atoms with Gasteiger partial charge >= 0.3 is 12.4 Å². The molecular weight excluding hydrogens is 452 g/mol. The maximum absolute atomic E-state index is 12.7. The molecule has 3 heterocycles. The van der Waals surface area contributed by atoms with Gasteiger partial charge in [0.05, 0.1) is 0 Å². The number of amides is 1. The van der Waals surface area contributed by atoms with Gasteiger partial charge in [0.15, 0.2) is 5.69 Å². The highest BCUT2D eigenvalue weighted by atomic mass is 19.4. The van der Waals surface area contributed by atoms with E-state index < -0.39 is 29.6 Å². The Hall–Kier alpha value is -3.44. The van der Waals surface area contributed by atoms with Crippen LogP contribution >= 0.6 is 0 Å². The lowest BCUT2D eigenvalue weighted by Gasteiger charge is -2.15. The lowest BCUT2D eigenvalue weighted by Crippen LogP contribution is -2.15. The Morgan fingerprint density at radius 2 is 1.61 bits per heavy atom. The van der Waals surface area contributed by atoms with E-state index in [0.29, 0.717) is 11.6 Å². The Balaban J connectivity index is 0.000000205. The van der Waals surface area contributed by atoms with Crippen molar-refractivity contribution in [3.63, 3.8) is 0 Å². The molecule has 0 aromatic carbocycles. The second kappa shape index (κ2) is 9.20. The minimum atomic E-state index is -4.55. The van der Waals surface area contributed by atoms with E-state index in [1.54, 1.807) is 12.3 Å². The summed E-state index contributed by atoms with van der Waals surface area (Å²) in [5, 5.41) is 3.09. The second-order valence-electron chi connectivity index (χ2n) is 7.36. The van der Waals surface area contributed by atoms with Crippen molar-refractivity contribution >= 4 is 5.91 Å². The summed E-state index contributed by atoms with van der Waals surface area (Å²) in [6, 6.07) is 5.23. The summed E-state index contributed by atoms with van der Waals surface area (Å²) in [7, 11) is 1.22. The van der Waals surface area contributed by atoms with E-state index >= 15 is 0 Å². The number of nitrogens with zero attached hydrogens (tertiary/aromatic N) is 4. The Kier molecular flexibility index (Phi) is 6.75. The van der Waals surface area contributed by atoms with E-state index in [9.17, 15) is 31.1 Å². The van der Waals surface area contributed by atoms with E-state index in [0.717, 1.165) is 53.3 Å². The second-order valence-corrected chi connectivity index (χ2v) is 7.36. The first-order valence-corrected chi connectivity index (χ1v) is 9.78. The molecule has 12 heteroatoms. The molecule has 2 N–H and O–H groups in total. The largest absolute Gasteiger partial charge is 0.435 e. The molecule has 176 valence electrons. The molecule has 3 aromatic heterocycles. The molecule has 0 atom stereocenters. The molecule has 0 radical (unpaired) electrons. The number of nitrogens with two attached hydrogens (primary N) is 1. The van der Waals surface area contributed by atoms with Crippen LogP contribution in [0.15, 0.2) is 36.7 Å². The molecule has 1 aliphatic rings. The highest BCUT2D eigenvalue weighted by molar-refractivity contribution is 5.91. The molecule has 0 aliphatic heterocycles. The fraction of sp³-hybridized carbons (Fsp3) is 0.333. The minimum absolute atomic E-state index is 0.271. The average Bonchev–Trinajstić information content (AvgIpc) is 3.16. The van der Waals surface area contributed by atoms with E-state index in [-0.39, 0.29) is 5.69 Å². The van der Waals surface area contributed by atoms with E-state index in [1.165, 1.54) is 13.2 Å². The van der Waals surface area contributed by atoms with Crippen LogP contribution in [-0.2, 0) is 32.2 Å². The number of halogens is 6. The maximum atomic E-state index is 12.7. The van der Waals surface area contributed by atoms with Crippen LogP contribution < -0.4 is 5.73 Å². The van der Waals surface area contributed by atoms with Gasteiger partial charge in [-0.3, -0.25) is 19.4 Å². The molecule has 4 rings (SSSR count). The Morgan fingerprint density at radius 3 is 2.18 bits per heavy atom. The van der Waals surface area contributed by atoms with Crippen molar-refractivity contribution < 1.29 is 31.1 Å². The van der Waals surface area contributed by atoms with Crippen molar-refractivity contribution in [2.75, 3.05) is 0 Å². The summed E-state index contributed by atoms with van der Waals surface area (Å²) >= 11 is 0. The third-order valence-electron chi connectivity index (χ3n) is 4.98. The summed E-state index contributed by atoms with van der Waals surface area (Å²) in [6.45, 7) is 0. The molecule has 3 aromatic rings. The number of hydrogen-bond donors (Lipinski definition) is 1. The number of hydrogen-bond acceptors (Lipinski definition) is 4. The van der Waals surface area contributed by atoms with Crippen LogP contribution in [0, 0.1) is 0 Å². The van der Waals surface area contributed by atoms with Gasteiger partial charge < -0.3 is 5.73 Å². The number of aromatic nitrogens is 4. The first-order chi connectivity index (χ1) is 15.4. The van der Waals surface area contributed by atoms with Crippen molar-refractivity contribution in [2.24, 2.45) is 12.8 Å². The number of fused-ring (bicyclic) bond motifs is 1. The standard InChI is InChI=1S/C15H13F3N2.C6H6F3N3O/c16-15(17,18)14-8-10(5-6-19-14)12-7-11-3-1-2-4-13(11)20-9-12;1-12-3(5(10)13)2-4(11-12)6(7,8)9/h5-9H,1-4H2;2H,1H3,(H2,10,13). The fourth-order valence-electron chi connectivity index (χ4n) is 3.35. The predicted octanol–water partition coefficient (Wildman–Crippen LogP) is 4.58. The highest BCUT2D eigenvalue weighted by Crippen LogP contribution is 2.31. The summed E-state index contributed by atoms with van der Waals surface area (Å²) in [4.78, 5) is 18.3. The van der Waals surface area contributed by atoms with Crippen molar-refractivity contribution in [3.8, 4) is 11.1 Å². The first-order valence-electron chi connectivity index (χ1n) is 9.78. The smallest absolute Gasteiger partial charge is 0.364 e. The quantitative estimate of drug-likeness (QED) is 0.555. The molecule has 0 bridgehead atoms. The normalized spacial score (nSPS) is 13.7. The van der Waals surface area contributed by atoms with Crippen LogP contribution in [0.3, 0.4) is 0 Å². The first kappa shape index (κ1) is 24.2. The topological polar surface area (TPSA) is 86.7 Å². The van der Waals surface area contributed by atoms with Crippen molar-refractivity contribution in [2.45, 2.75) is 38.0 Å². The van der Waals surface area contributed by atoms with Gasteiger partial charge in [0, 0.05) is 36.8 Å². The summed E-state index contributed by atoms with van der Waals surface area (Å²) in [6.07, 6.45) is -1.97. The Morgan fingerprint density at radius 1 is 0.939 bits per heavy atom. The Labute approximate surface area is 184 Å². The van der Waals surface area contributed by atoms with E-state index in [4.69, 9.17) is 5.73 Å². The zero-order valence-electron chi connectivity index (χ0n) is 17.3. The molecule has 0 saturated carbocycles. The maximum Gasteiger partial charge on any atom is 0.435 e. The van der Waals surface area contributed by atoms with Gasteiger partial charge in [-0.1, -0.05) is 0 Å². The van der Waals surface area contributed by atoms with Crippen LogP contribution in [-0.4, -0.2) is 25.7 Å². The molecule has 6 nitrogen and oxygen atoms in total. The van der Waals surface area contributed by atoms with Gasteiger partial charge in [-0.15, -0.1) is 0 Å². The molecule has 0 unspecified atom stereocenters.